The van der Waals surface area contributed by atoms with E-state index in [-0.39, 0.29) is 32.2 Å². The van der Waals surface area contributed by atoms with E-state index in [2.05, 4.69) is 139 Å². The molecule has 0 saturated carbocycles. The molecule has 1 N–H and O–H groups in total. The number of nitrogens with zero attached hydrogens (tertiary/aromatic N) is 3. The second-order valence-electron chi connectivity index (χ2n) is 14.3. The van der Waals surface area contributed by atoms with E-state index in [9.17, 15) is 5.11 Å². The van der Waals surface area contributed by atoms with Gasteiger partial charge in [0.25, 0.3) is 0 Å². The second kappa shape index (κ2) is 11.8. The zero-order chi connectivity index (χ0) is 32.5. The van der Waals surface area contributed by atoms with Gasteiger partial charge in [0, 0.05) is 49.3 Å². The Bertz CT molecular complexity index is 2300. The van der Waals surface area contributed by atoms with E-state index in [1.807, 2.05) is 12.3 Å². The number of pyridine rings is 2. The number of hydrogen-bond donors (Lipinski definition) is 1. The molecule has 240 valence electrons. The molecular weight excluding hydrogens is 758 g/mol. The zero-order valence-electron chi connectivity index (χ0n) is 28.3. The van der Waals surface area contributed by atoms with Gasteiger partial charge in [-0.2, -0.15) is 18.2 Å². The molecule has 47 heavy (non-hydrogen) atoms. The van der Waals surface area contributed by atoms with Crippen molar-refractivity contribution in [1.29, 1.82) is 0 Å². The van der Waals surface area contributed by atoms with Crippen LogP contribution in [-0.4, -0.2) is 19.6 Å². The molecule has 5 heteroatoms. The standard InChI is InChI=1S/C42H40N3O.Pt/c1-25-21-26(2)39(27(3)22-25)32-15-17-36(46)40-33(32)16-18-37(44-40)42(7,8)29-13-14-31-30-11-9-10-12-34(30)45(35(31)23-29)38-24-28(19-20-43-38)41(4,5)6;/h9-22,24,46H,1-8H3;/q-1;. The Morgan fingerprint density at radius 3 is 2.17 bits per heavy atom. The molecule has 0 aliphatic heterocycles. The maximum Gasteiger partial charge on any atom is 0.141 e. The van der Waals surface area contributed by atoms with Gasteiger partial charge in [0.2, 0.25) is 0 Å². The largest absolute Gasteiger partial charge is 0.506 e. The molecule has 0 amide bonds. The minimum atomic E-state index is -0.498. The molecular formula is C42H40N3OPt-. The Kier molecular flexibility index (Phi) is 8.17. The monoisotopic (exact) mass is 797 g/mol. The quantitative estimate of drug-likeness (QED) is 0.181. The van der Waals surface area contributed by atoms with Gasteiger partial charge in [0.15, 0.2) is 0 Å². The molecule has 0 unspecified atom stereocenters. The van der Waals surface area contributed by atoms with E-state index in [4.69, 9.17) is 9.97 Å². The van der Waals surface area contributed by atoms with Crippen LogP contribution >= 0.6 is 0 Å². The van der Waals surface area contributed by atoms with Gasteiger partial charge in [-0.1, -0.05) is 82.1 Å². The molecule has 4 nitrogen and oxygen atoms in total. The number of aromatic hydroxyl groups is 1. The Morgan fingerprint density at radius 1 is 0.745 bits per heavy atom. The van der Waals surface area contributed by atoms with Crippen molar-refractivity contribution in [3.63, 3.8) is 0 Å². The molecule has 3 aromatic heterocycles. The molecule has 0 radical (unpaired) electrons. The molecule has 0 bridgehead atoms. The number of hydrogen-bond acceptors (Lipinski definition) is 3. The maximum absolute atomic E-state index is 11.1. The average Bonchev–Trinajstić information content (AvgIpc) is 3.35. The van der Waals surface area contributed by atoms with E-state index in [1.165, 1.54) is 33.2 Å². The molecule has 0 atom stereocenters. The van der Waals surface area contributed by atoms with E-state index in [0.717, 1.165) is 44.4 Å². The van der Waals surface area contributed by atoms with Gasteiger partial charge < -0.3 is 9.67 Å². The molecule has 0 spiro atoms. The number of benzene rings is 4. The van der Waals surface area contributed by atoms with E-state index < -0.39 is 5.41 Å². The van der Waals surface area contributed by atoms with Gasteiger partial charge in [0.1, 0.15) is 17.1 Å². The van der Waals surface area contributed by atoms with Gasteiger partial charge >= 0.3 is 0 Å². The Hall–Kier alpha value is -4.27. The molecule has 0 aliphatic rings. The fourth-order valence-electron chi connectivity index (χ4n) is 7.01. The molecule has 0 aliphatic carbocycles. The van der Waals surface area contributed by atoms with E-state index >= 15 is 0 Å². The third-order valence-corrected chi connectivity index (χ3v) is 9.52. The van der Waals surface area contributed by atoms with E-state index in [0.29, 0.717) is 5.52 Å². The summed E-state index contributed by atoms with van der Waals surface area (Å²) in [6.45, 7) is 17.5. The molecule has 4 aromatic carbocycles. The predicted octanol–water partition coefficient (Wildman–Crippen LogP) is 10.4. The van der Waals surface area contributed by atoms with Crippen molar-refractivity contribution in [3.8, 4) is 22.7 Å². The number of phenolic OH excluding ortho intramolecular Hbond substituents is 1. The van der Waals surface area contributed by atoms with Crippen LogP contribution in [0.1, 0.15) is 68.1 Å². The molecule has 3 heterocycles. The van der Waals surface area contributed by atoms with Crippen molar-refractivity contribution in [3.05, 3.63) is 131 Å². The summed E-state index contributed by atoms with van der Waals surface area (Å²) in [5.41, 5.74) is 11.3. The van der Waals surface area contributed by atoms with Gasteiger partial charge in [-0.25, -0.2) is 9.97 Å². The molecule has 0 saturated heterocycles. The summed E-state index contributed by atoms with van der Waals surface area (Å²) >= 11 is 0. The Labute approximate surface area is 291 Å². The van der Waals surface area contributed by atoms with Crippen LogP contribution in [0.25, 0.3) is 49.7 Å². The summed E-state index contributed by atoms with van der Waals surface area (Å²) in [4.78, 5) is 9.98. The Balaban J connectivity index is 0.00000386. The van der Waals surface area contributed by atoms with Crippen LogP contribution in [0, 0.1) is 26.8 Å². The fourth-order valence-corrected chi connectivity index (χ4v) is 7.01. The summed E-state index contributed by atoms with van der Waals surface area (Å²) in [6.07, 6.45) is 1.91. The number of para-hydroxylation sites is 1. The van der Waals surface area contributed by atoms with Crippen LogP contribution in [0.2, 0.25) is 0 Å². The average molecular weight is 798 g/mol. The van der Waals surface area contributed by atoms with Crippen molar-refractivity contribution < 1.29 is 26.2 Å². The van der Waals surface area contributed by atoms with Crippen LogP contribution in [0.15, 0.2) is 91.1 Å². The van der Waals surface area contributed by atoms with Crippen LogP contribution in [0.4, 0.5) is 0 Å². The first kappa shape index (κ1) is 32.7. The molecule has 7 rings (SSSR count). The third-order valence-electron chi connectivity index (χ3n) is 9.52. The minimum Gasteiger partial charge on any atom is -0.506 e. The normalized spacial score (nSPS) is 12.2. The van der Waals surface area contributed by atoms with Crippen LogP contribution in [0.3, 0.4) is 0 Å². The number of fused-ring (bicyclic) bond motifs is 4. The smallest absolute Gasteiger partial charge is 0.141 e. The molecule has 0 fully saturated rings. The van der Waals surface area contributed by atoms with Gasteiger partial charge in [-0.15, -0.1) is 10.9 Å². The number of phenols is 1. The van der Waals surface area contributed by atoms with Crippen molar-refractivity contribution in [1.82, 2.24) is 14.5 Å². The number of rotatable bonds is 4. The van der Waals surface area contributed by atoms with Crippen LogP contribution in [-0.2, 0) is 31.9 Å². The van der Waals surface area contributed by atoms with Gasteiger partial charge in [-0.05, 0) is 95.8 Å². The number of aryl methyl sites for hydroxylation is 3. The predicted molar refractivity (Wildman–Crippen MR) is 191 cm³/mol. The zero-order valence-corrected chi connectivity index (χ0v) is 30.5. The first-order valence-electron chi connectivity index (χ1n) is 16.0. The summed E-state index contributed by atoms with van der Waals surface area (Å²) in [5, 5.41) is 14.3. The molecule has 7 aromatic rings. The third kappa shape index (κ3) is 5.47. The first-order valence-corrected chi connectivity index (χ1v) is 16.0. The Morgan fingerprint density at radius 2 is 1.45 bits per heavy atom. The van der Waals surface area contributed by atoms with Gasteiger partial charge in [-0.3, -0.25) is 0 Å². The van der Waals surface area contributed by atoms with Gasteiger partial charge in [0.05, 0.1) is 0 Å². The topological polar surface area (TPSA) is 50.9 Å². The SMILES string of the molecule is Cc1cc(C)c(-c2ccc(O)c3nc(C(C)(C)c4[c-]c5c(cc4)c4ccccc4n5-c4cc(C(C)(C)C)ccn4)ccc23)c(C)c1.[Pt]. The summed E-state index contributed by atoms with van der Waals surface area (Å²) in [7, 11) is 0. The summed E-state index contributed by atoms with van der Waals surface area (Å²) < 4.78 is 2.23. The van der Waals surface area contributed by atoms with Crippen LogP contribution in [0.5, 0.6) is 5.75 Å². The van der Waals surface area contributed by atoms with Crippen molar-refractivity contribution in [2.45, 2.75) is 66.2 Å². The number of aromatic nitrogens is 3. The second-order valence-corrected chi connectivity index (χ2v) is 14.3. The van der Waals surface area contributed by atoms with E-state index in [1.54, 1.807) is 6.07 Å². The van der Waals surface area contributed by atoms with Crippen molar-refractivity contribution >= 4 is 32.7 Å². The fraction of sp³-hybridized carbons (Fsp3) is 0.238. The van der Waals surface area contributed by atoms with Crippen molar-refractivity contribution in [2.75, 3.05) is 0 Å². The first-order chi connectivity index (χ1) is 21.8. The van der Waals surface area contributed by atoms with Crippen molar-refractivity contribution in [2.24, 2.45) is 0 Å². The minimum absolute atomic E-state index is 0. The van der Waals surface area contributed by atoms with Crippen LogP contribution < -0.4 is 0 Å². The maximum atomic E-state index is 11.1. The summed E-state index contributed by atoms with van der Waals surface area (Å²) in [6, 6.07) is 33.4. The summed E-state index contributed by atoms with van der Waals surface area (Å²) in [5.74, 6) is 1.07.